The normalized spacial score (nSPS) is 28.9. The van der Waals surface area contributed by atoms with Gasteiger partial charge in [0.15, 0.2) is 17.9 Å². The summed E-state index contributed by atoms with van der Waals surface area (Å²) in [6.07, 6.45) is 0.645. The van der Waals surface area contributed by atoms with E-state index in [1.807, 2.05) is 0 Å². The Morgan fingerprint density at radius 3 is 2.70 bits per heavy atom. The molecule has 4 atom stereocenters. The lowest BCUT2D eigenvalue weighted by atomic mass is 9.90. The van der Waals surface area contributed by atoms with Crippen LogP contribution in [0.3, 0.4) is 0 Å². The molecule has 2 heterocycles. The topological polar surface area (TPSA) is 123 Å². The van der Waals surface area contributed by atoms with Gasteiger partial charge in [-0.3, -0.25) is 9.88 Å². The summed E-state index contributed by atoms with van der Waals surface area (Å²) in [6.45, 7) is 1.75. The number of carbonyl (C=O) groups excluding carboxylic acids is 1. The number of halogens is 1. The Kier molecular flexibility index (Phi) is 6.08. The van der Waals surface area contributed by atoms with Crippen molar-refractivity contribution < 1.29 is 28.9 Å². The highest BCUT2D eigenvalue weighted by molar-refractivity contribution is 5.83. The number of aromatic nitrogens is 2. The highest BCUT2D eigenvalue weighted by Gasteiger charge is 2.42. The summed E-state index contributed by atoms with van der Waals surface area (Å²) in [4.78, 5) is 27.5. The van der Waals surface area contributed by atoms with Crippen LogP contribution in [0.15, 0.2) is 11.0 Å². The second kappa shape index (κ2) is 8.32. The fourth-order valence-electron chi connectivity index (χ4n) is 3.45. The van der Waals surface area contributed by atoms with Crippen molar-refractivity contribution in [3.63, 3.8) is 0 Å². The number of nitrogens with one attached hydrogen (secondary N) is 1. The quantitative estimate of drug-likeness (QED) is 0.710. The van der Waals surface area contributed by atoms with Crippen LogP contribution in [0, 0.1) is 11.7 Å². The summed E-state index contributed by atoms with van der Waals surface area (Å²) in [6, 6.07) is 0. The first-order valence-electron chi connectivity index (χ1n) is 9.11. The average Bonchev–Trinajstić information content (AvgIpc) is 2.91. The molecule has 27 heavy (non-hydrogen) atoms. The monoisotopic (exact) mass is 385 g/mol. The van der Waals surface area contributed by atoms with Gasteiger partial charge in [-0.25, -0.2) is 14.0 Å². The molecule has 1 aliphatic carbocycles. The van der Waals surface area contributed by atoms with Crippen LogP contribution < -0.4 is 11.0 Å². The van der Waals surface area contributed by atoms with Gasteiger partial charge in [0, 0.05) is 0 Å². The van der Waals surface area contributed by atoms with Crippen molar-refractivity contribution in [2.45, 2.75) is 63.6 Å². The number of ether oxygens (including phenoxy) is 2. The predicted octanol–water partition coefficient (Wildman–Crippen LogP) is 1.15. The average molecular weight is 385 g/mol. The van der Waals surface area contributed by atoms with E-state index in [0.29, 0.717) is 5.92 Å². The molecule has 0 spiro atoms. The summed E-state index contributed by atoms with van der Waals surface area (Å²) in [5, 5.41) is 21.8. The summed E-state index contributed by atoms with van der Waals surface area (Å²) >= 11 is 0. The molecule has 150 valence electrons. The van der Waals surface area contributed by atoms with Crippen LogP contribution in [0.25, 0.3) is 0 Å². The van der Waals surface area contributed by atoms with Crippen LogP contribution in [-0.4, -0.2) is 50.8 Å². The van der Waals surface area contributed by atoms with Gasteiger partial charge in [0.1, 0.15) is 12.2 Å². The maximum Gasteiger partial charge on any atom is 0.412 e. The number of hydrogen-bond donors (Lipinski definition) is 3. The molecule has 9 nitrogen and oxygen atoms in total. The number of nitrogens with zero attached hydrogens (tertiary/aromatic N) is 2. The van der Waals surface area contributed by atoms with Crippen molar-refractivity contribution in [2.75, 3.05) is 11.9 Å². The van der Waals surface area contributed by atoms with Crippen molar-refractivity contribution in [1.29, 1.82) is 0 Å². The molecule has 1 amide bonds. The molecule has 1 aliphatic heterocycles. The summed E-state index contributed by atoms with van der Waals surface area (Å²) in [5.41, 5.74) is -0.940. The van der Waals surface area contributed by atoms with E-state index in [1.165, 1.54) is 13.3 Å². The zero-order valence-corrected chi connectivity index (χ0v) is 15.0. The SMILES string of the molecule is C[C@H]1O[C@@H](n2cc(F)c(NC(=O)OCC3CCCCC3)nc2=O)C(O)C1O. The lowest BCUT2D eigenvalue weighted by Crippen LogP contribution is -2.36. The Morgan fingerprint density at radius 1 is 1.37 bits per heavy atom. The maximum absolute atomic E-state index is 14.3. The summed E-state index contributed by atoms with van der Waals surface area (Å²) in [7, 11) is 0. The number of anilines is 1. The molecular formula is C17H24FN3O6. The third-order valence-corrected chi connectivity index (χ3v) is 5.05. The first-order chi connectivity index (χ1) is 12.9. The number of aliphatic hydroxyl groups excluding tert-OH is 2. The molecular weight excluding hydrogens is 361 g/mol. The second-order valence-electron chi connectivity index (χ2n) is 7.07. The van der Waals surface area contributed by atoms with Crippen LogP contribution in [0.5, 0.6) is 0 Å². The number of amides is 1. The van der Waals surface area contributed by atoms with Gasteiger partial charge >= 0.3 is 11.8 Å². The molecule has 1 aromatic rings. The number of hydrogen-bond acceptors (Lipinski definition) is 7. The van der Waals surface area contributed by atoms with Crippen molar-refractivity contribution >= 4 is 11.9 Å². The zero-order valence-electron chi connectivity index (χ0n) is 15.0. The molecule has 2 fully saturated rings. The molecule has 3 N–H and O–H groups in total. The van der Waals surface area contributed by atoms with Crippen molar-refractivity contribution in [3.05, 3.63) is 22.5 Å². The highest BCUT2D eigenvalue weighted by atomic mass is 19.1. The predicted molar refractivity (Wildman–Crippen MR) is 91.6 cm³/mol. The van der Waals surface area contributed by atoms with E-state index in [9.17, 15) is 24.2 Å². The largest absolute Gasteiger partial charge is 0.449 e. The van der Waals surface area contributed by atoms with E-state index in [4.69, 9.17) is 9.47 Å². The van der Waals surface area contributed by atoms with Crippen LogP contribution in [0.1, 0.15) is 45.3 Å². The third kappa shape index (κ3) is 4.45. The lowest BCUT2D eigenvalue weighted by Gasteiger charge is -2.21. The molecule has 2 aliphatic rings. The van der Waals surface area contributed by atoms with Crippen LogP contribution in [0.2, 0.25) is 0 Å². The molecule has 1 saturated heterocycles. The molecule has 3 rings (SSSR count). The van der Waals surface area contributed by atoms with Crippen LogP contribution in [0.4, 0.5) is 15.0 Å². The smallest absolute Gasteiger partial charge is 0.412 e. The number of carbonyl (C=O) groups is 1. The standard InChI is InChI=1S/C17H24FN3O6/c1-9-12(22)13(23)15(27-9)21-7-11(18)14(19-16(21)24)20-17(25)26-8-10-5-3-2-4-6-10/h7,9-10,12-13,15,22-23H,2-6,8H2,1H3,(H,19,20,24,25)/t9-,12?,13?,15-/m1/s1. The van der Waals surface area contributed by atoms with Crippen molar-refractivity contribution in [1.82, 2.24) is 9.55 Å². The molecule has 0 bridgehead atoms. The van der Waals surface area contributed by atoms with Gasteiger partial charge in [0.2, 0.25) is 0 Å². The Balaban J connectivity index is 1.64. The van der Waals surface area contributed by atoms with E-state index in [-0.39, 0.29) is 6.61 Å². The fourth-order valence-corrected chi connectivity index (χ4v) is 3.45. The Hall–Kier alpha value is -2.04. The van der Waals surface area contributed by atoms with Gasteiger partial charge in [-0.15, -0.1) is 0 Å². The molecule has 2 unspecified atom stereocenters. The first kappa shape index (κ1) is 19.7. The van der Waals surface area contributed by atoms with E-state index in [1.54, 1.807) is 0 Å². The van der Waals surface area contributed by atoms with Gasteiger partial charge in [-0.05, 0) is 25.7 Å². The van der Waals surface area contributed by atoms with Crippen LogP contribution in [-0.2, 0) is 9.47 Å². The zero-order chi connectivity index (χ0) is 19.6. The third-order valence-electron chi connectivity index (χ3n) is 5.05. The lowest BCUT2D eigenvalue weighted by molar-refractivity contribution is -0.0355. The molecule has 10 heteroatoms. The Labute approximate surface area is 155 Å². The highest BCUT2D eigenvalue weighted by Crippen LogP contribution is 2.28. The van der Waals surface area contributed by atoms with E-state index >= 15 is 0 Å². The van der Waals surface area contributed by atoms with E-state index in [2.05, 4.69) is 10.3 Å². The molecule has 1 aromatic heterocycles. The van der Waals surface area contributed by atoms with E-state index in [0.717, 1.165) is 36.4 Å². The molecule has 0 radical (unpaired) electrons. The van der Waals surface area contributed by atoms with Gasteiger partial charge in [-0.2, -0.15) is 4.98 Å². The van der Waals surface area contributed by atoms with Crippen molar-refractivity contribution in [3.8, 4) is 0 Å². The van der Waals surface area contributed by atoms with Gasteiger partial charge in [0.05, 0.1) is 18.9 Å². The molecule has 0 aromatic carbocycles. The van der Waals surface area contributed by atoms with Gasteiger partial charge in [-0.1, -0.05) is 19.3 Å². The fraction of sp³-hybridized carbons (Fsp3) is 0.706. The van der Waals surface area contributed by atoms with Crippen molar-refractivity contribution in [2.24, 2.45) is 5.92 Å². The minimum Gasteiger partial charge on any atom is -0.449 e. The summed E-state index contributed by atoms with van der Waals surface area (Å²) < 4.78 is 25.4. The maximum atomic E-state index is 14.3. The number of aliphatic hydroxyl groups is 2. The van der Waals surface area contributed by atoms with Gasteiger partial charge < -0.3 is 19.7 Å². The Bertz CT molecular complexity index is 736. The Morgan fingerprint density at radius 2 is 2.07 bits per heavy atom. The molecule has 1 saturated carbocycles. The van der Waals surface area contributed by atoms with Crippen LogP contribution >= 0.6 is 0 Å². The summed E-state index contributed by atoms with van der Waals surface area (Å²) in [5.74, 6) is -1.26. The first-order valence-corrected chi connectivity index (χ1v) is 9.11. The minimum atomic E-state index is -1.40. The second-order valence-corrected chi connectivity index (χ2v) is 7.07. The van der Waals surface area contributed by atoms with Gasteiger partial charge in [0.25, 0.3) is 0 Å². The van der Waals surface area contributed by atoms with E-state index < -0.39 is 48.0 Å². The number of rotatable bonds is 4. The minimum absolute atomic E-state index is 0.238.